The molecule has 0 radical (unpaired) electrons. The lowest BCUT2D eigenvalue weighted by Crippen LogP contribution is -2.37. The van der Waals surface area contributed by atoms with Crippen LogP contribution >= 0.6 is 0 Å². The highest BCUT2D eigenvalue weighted by molar-refractivity contribution is 5.79. The van der Waals surface area contributed by atoms with Crippen LogP contribution in [0.3, 0.4) is 0 Å². The van der Waals surface area contributed by atoms with E-state index in [-0.39, 0.29) is 24.2 Å². The third-order valence-electron chi connectivity index (χ3n) is 4.13. The molecule has 0 saturated heterocycles. The third-order valence-corrected chi connectivity index (χ3v) is 4.13. The number of ether oxygens (including phenoxy) is 1. The Morgan fingerprint density at radius 1 is 1.28 bits per heavy atom. The van der Waals surface area contributed by atoms with E-state index >= 15 is 0 Å². The van der Waals surface area contributed by atoms with Gasteiger partial charge in [-0.2, -0.15) is 0 Å². The number of nitrogens with zero attached hydrogens (tertiary/aromatic N) is 1. The fourth-order valence-corrected chi connectivity index (χ4v) is 2.77. The molecule has 25 heavy (non-hydrogen) atoms. The van der Waals surface area contributed by atoms with Gasteiger partial charge in [0.05, 0.1) is 0 Å². The zero-order valence-electron chi connectivity index (χ0n) is 14.5. The molecular weight excluding hydrogens is 328 g/mol. The summed E-state index contributed by atoms with van der Waals surface area (Å²) in [7, 11) is 1.59. The maximum Gasteiger partial charge on any atom is 0.306 e. The smallest absolute Gasteiger partial charge is 0.306 e. The summed E-state index contributed by atoms with van der Waals surface area (Å²) in [6.45, 7) is 0.651. The molecule has 1 aromatic rings. The quantitative estimate of drug-likeness (QED) is 0.342. The van der Waals surface area contributed by atoms with E-state index in [2.05, 4.69) is 15.6 Å². The minimum Gasteiger partial charge on any atom is -0.462 e. The molecule has 0 bridgehead atoms. The average Bonchev–Trinajstić information content (AvgIpc) is 3.10. The van der Waals surface area contributed by atoms with Gasteiger partial charge in [0.25, 0.3) is 0 Å². The van der Waals surface area contributed by atoms with Crippen molar-refractivity contribution in [1.82, 2.24) is 10.6 Å². The normalized spacial score (nSPS) is 15.2. The van der Waals surface area contributed by atoms with E-state index in [0.717, 1.165) is 43.9 Å². The molecule has 0 aliphatic heterocycles. The molecule has 0 unspecified atom stereocenters. The SMILES string of the molecule is CN=C(NCCCC(=O)OC1CCCC1)NCc1cc(F)ccc1F. The molecule has 1 aromatic carbocycles. The van der Waals surface area contributed by atoms with Crippen LogP contribution in [-0.4, -0.2) is 31.6 Å². The molecule has 7 heteroatoms. The van der Waals surface area contributed by atoms with Crippen molar-refractivity contribution in [1.29, 1.82) is 0 Å². The molecule has 0 heterocycles. The molecule has 1 aliphatic carbocycles. The van der Waals surface area contributed by atoms with Crippen LogP contribution in [0.5, 0.6) is 0 Å². The number of carbonyl (C=O) groups is 1. The first-order valence-electron chi connectivity index (χ1n) is 8.66. The van der Waals surface area contributed by atoms with Crippen LogP contribution in [0, 0.1) is 11.6 Å². The highest BCUT2D eigenvalue weighted by Crippen LogP contribution is 2.21. The summed E-state index contributed by atoms with van der Waals surface area (Å²) >= 11 is 0. The number of aliphatic imine (C=N–C) groups is 1. The van der Waals surface area contributed by atoms with Gasteiger partial charge in [-0.1, -0.05) is 0 Å². The van der Waals surface area contributed by atoms with Crippen LogP contribution in [0.4, 0.5) is 8.78 Å². The lowest BCUT2D eigenvalue weighted by atomic mass is 10.2. The number of esters is 1. The summed E-state index contributed by atoms with van der Waals surface area (Å²) in [4.78, 5) is 15.7. The maximum absolute atomic E-state index is 13.6. The zero-order chi connectivity index (χ0) is 18.1. The number of halogens is 2. The summed E-state index contributed by atoms with van der Waals surface area (Å²) in [5.41, 5.74) is 0.225. The first kappa shape index (κ1) is 19.1. The van der Waals surface area contributed by atoms with Gasteiger partial charge in [-0.25, -0.2) is 8.78 Å². The lowest BCUT2D eigenvalue weighted by Gasteiger charge is -2.13. The molecule has 2 rings (SSSR count). The number of benzene rings is 1. The van der Waals surface area contributed by atoms with Gasteiger partial charge in [-0.3, -0.25) is 9.79 Å². The molecule has 1 aliphatic rings. The Morgan fingerprint density at radius 2 is 2.04 bits per heavy atom. The second-order valence-electron chi connectivity index (χ2n) is 6.09. The summed E-state index contributed by atoms with van der Waals surface area (Å²) in [5, 5.41) is 5.95. The van der Waals surface area contributed by atoms with Crippen molar-refractivity contribution in [3.8, 4) is 0 Å². The Balaban J connectivity index is 1.64. The van der Waals surface area contributed by atoms with Crippen LogP contribution in [0.15, 0.2) is 23.2 Å². The third kappa shape index (κ3) is 6.68. The minimum atomic E-state index is -0.484. The first-order chi connectivity index (χ1) is 12.1. The predicted octanol–water partition coefficient (Wildman–Crippen LogP) is 2.90. The highest BCUT2D eigenvalue weighted by atomic mass is 19.1. The van der Waals surface area contributed by atoms with Gasteiger partial charge >= 0.3 is 5.97 Å². The molecule has 1 saturated carbocycles. The summed E-state index contributed by atoms with van der Waals surface area (Å²) in [6, 6.07) is 3.32. The van der Waals surface area contributed by atoms with E-state index in [4.69, 9.17) is 4.74 Å². The fourth-order valence-electron chi connectivity index (χ4n) is 2.77. The van der Waals surface area contributed by atoms with Gasteiger partial charge in [0.15, 0.2) is 5.96 Å². The number of carbonyl (C=O) groups excluding carboxylic acids is 1. The van der Waals surface area contributed by atoms with Gasteiger partial charge in [0.2, 0.25) is 0 Å². The van der Waals surface area contributed by atoms with E-state index in [1.165, 1.54) is 0 Å². The van der Waals surface area contributed by atoms with Gasteiger partial charge in [0.1, 0.15) is 17.7 Å². The Hall–Kier alpha value is -2.18. The van der Waals surface area contributed by atoms with Crippen molar-refractivity contribution in [2.75, 3.05) is 13.6 Å². The van der Waals surface area contributed by atoms with Crippen LogP contribution in [0.2, 0.25) is 0 Å². The van der Waals surface area contributed by atoms with Crippen molar-refractivity contribution < 1.29 is 18.3 Å². The van der Waals surface area contributed by atoms with Crippen molar-refractivity contribution in [3.63, 3.8) is 0 Å². The number of rotatable bonds is 7. The van der Waals surface area contributed by atoms with Crippen molar-refractivity contribution in [3.05, 3.63) is 35.4 Å². The van der Waals surface area contributed by atoms with Gasteiger partial charge in [-0.05, 0) is 50.3 Å². The summed E-state index contributed by atoms with van der Waals surface area (Å²) < 4.78 is 32.1. The second-order valence-corrected chi connectivity index (χ2v) is 6.09. The Morgan fingerprint density at radius 3 is 2.76 bits per heavy atom. The Bertz CT molecular complexity index is 602. The molecule has 0 aromatic heterocycles. The predicted molar refractivity (Wildman–Crippen MR) is 92.1 cm³/mol. The number of hydrogen-bond donors (Lipinski definition) is 2. The second kappa shape index (κ2) is 9.96. The average molecular weight is 353 g/mol. The Kier molecular flexibility index (Phi) is 7.63. The van der Waals surface area contributed by atoms with E-state index in [1.807, 2.05) is 0 Å². The standard InChI is InChI=1S/C18H25F2N3O2/c1-21-18(23-12-13-11-14(19)8-9-16(13)20)22-10-4-7-17(24)25-15-5-2-3-6-15/h8-9,11,15H,2-7,10,12H2,1H3,(H2,21,22,23). The van der Waals surface area contributed by atoms with Gasteiger partial charge in [-0.15, -0.1) is 0 Å². The van der Waals surface area contributed by atoms with Crippen LogP contribution < -0.4 is 10.6 Å². The summed E-state index contributed by atoms with van der Waals surface area (Å²) in [6.07, 6.45) is 5.26. The molecule has 1 fully saturated rings. The van der Waals surface area contributed by atoms with Gasteiger partial charge in [0, 0.05) is 32.1 Å². The maximum atomic E-state index is 13.6. The topological polar surface area (TPSA) is 62.7 Å². The fraction of sp³-hybridized carbons (Fsp3) is 0.556. The highest BCUT2D eigenvalue weighted by Gasteiger charge is 2.18. The van der Waals surface area contributed by atoms with E-state index in [1.54, 1.807) is 7.05 Å². The molecule has 2 N–H and O–H groups in total. The molecule has 5 nitrogen and oxygen atoms in total. The van der Waals surface area contributed by atoms with Crippen molar-refractivity contribution >= 4 is 11.9 Å². The first-order valence-corrected chi connectivity index (χ1v) is 8.66. The van der Waals surface area contributed by atoms with E-state index in [0.29, 0.717) is 25.3 Å². The molecule has 0 atom stereocenters. The van der Waals surface area contributed by atoms with Crippen LogP contribution in [0.1, 0.15) is 44.1 Å². The summed E-state index contributed by atoms with van der Waals surface area (Å²) in [5.74, 6) is -0.660. The van der Waals surface area contributed by atoms with Gasteiger partial charge < -0.3 is 15.4 Å². The monoisotopic (exact) mass is 353 g/mol. The number of guanidine groups is 1. The minimum absolute atomic E-state index is 0.0936. The van der Waals surface area contributed by atoms with Crippen molar-refractivity contribution in [2.45, 2.75) is 51.2 Å². The molecular formula is C18H25F2N3O2. The van der Waals surface area contributed by atoms with E-state index < -0.39 is 11.6 Å². The molecule has 0 amide bonds. The largest absolute Gasteiger partial charge is 0.462 e. The Labute approximate surface area is 146 Å². The molecule has 0 spiro atoms. The van der Waals surface area contributed by atoms with E-state index in [9.17, 15) is 13.6 Å². The van der Waals surface area contributed by atoms with Crippen LogP contribution in [-0.2, 0) is 16.1 Å². The van der Waals surface area contributed by atoms with Crippen molar-refractivity contribution in [2.24, 2.45) is 4.99 Å². The lowest BCUT2D eigenvalue weighted by molar-refractivity contribution is -0.148. The van der Waals surface area contributed by atoms with Crippen LogP contribution in [0.25, 0.3) is 0 Å². The zero-order valence-corrected chi connectivity index (χ0v) is 14.5. The number of nitrogens with one attached hydrogen (secondary N) is 2. The molecule has 138 valence electrons. The number of hydrogen-bond acceptors (Lipinski definition) is 3.